The predicted molar refractivity (Wildman–Crippen MR) is 83.9 cm³/mol. The van der Waals surface area contributed by atoms with Crippen molar-refractivity contribution in [2.45, 2.75) is 39.8 Å². The van der Waals surface area contributed by atoms with Gasteiger partial charge in [-0.3, -0.25) is 0 Å². The summed E-state index contributed by atoms with van der Waals surface area (Å²) in [6.45, 7) is 6.40. The molecule has 2 rings (SSSR count). The Morgan fingerprint density at radius 3 is 2.19 bits per heavy atom. The van der Waals surface area contributed by atoms with E-state index >= 15 is 0 Å². The minimum Gasteiger partial charge on any atom is -0.508 e. The summed E-state index contributed by atoms with van der Waals surface area (Å²) >= 11 is 0. The van der Waals surface area contributed by atoms with Crippen molar-refractivity contribution in [3.05, 3.63) is 64.5 Å². The summed E-state index contributed by atoms with van der Waals surface area (Å²) in [5.74, 6) is 0.155. The molecule has 0 heterocycles. The third-order valence-electron chi connectivity index (χ3n) is 3.75. The molecule has 0 saturated heterocycles. The number of nitrogens with one attached hydrogen (secondary N) is 1. The van der Waals surface area contributed by atoms with Crippen LogP contribution in [-0.4, -0.2) is 5.11 Å². The molecule has 0 aliphatic heterocycles. The smallest absolute Gasteiger partial charge is 0.129 e. The minimum absolute atomic E-state index is 0.121. The molecule has 2 nitrogen and oxygen atoms in total. The van der Waals surface area contributed by atoms with E-state index in [1.807, 2.05) is 24.3 Å². The number of halogens is 1. The molecule has 3 heteroatoms. The van der Waals surface area contributed by atoms with E-state index in [-0.39, 0.29) is 17.6 Å². The number of aromatic hydroxyl groups is 1. The highest BCUT2D eigenvalue weighted by molar-refractivity contribution is 5.31. The Labute approximate surface area is 125 Å². The normalized spacial score (nSPS) is 12.4. The van der Waals surface area contributed by atoms with Gasteiger partial charge in [0.05, 0.1) is 0 Å². The van der Waals surface area contributed by atoms with Crippen molar-refractivity contribution in [2.24, 2.45) is 0 Å². The zero-order chi connectivity index (χ0) is 15.4. The van der Waals surface area contributed by atoms with Crippen LogP contribution < -0.4 is 5.32 Å². The van der Waals surface area contributed by atoms with Gasteiger partial charge in [-0.2, -0.15) is 0 Å². The van der Waals surface area contributed by atoms with Gasteiger partial charge in [0.15, 0.2) is 0 Å². The molecule has 0 radical (unpaired) electrons. The summed E-state index contributed by atoms with van der Waals surface area (Å²) in [5.41, 5.74) is 3.60. The van der Waals surface area contributed by atoms with Crippen molar-refractivity contribution in [3.8, 4) is 5.75 Å². The maximum Gasteiger partial charge on any atom is 0.129 e. The van der Waals surface area contributed by atoms with E-state index < -0.39 is 0 Å². The molecule has 0 spiro atoms. The second kappa shape index (κ2) is 6.72. The SMILES string of the molecule is CCC(NCc1cc(C)c(F)c(C)c1)c1ccc(O)cc1. The Kier molecular flexibility index (Phi) is 4.97. The summed E-state index contributed by atoms with van der Waals surface area (Å²) in [4.78, 5) is 0. The Balaban J connectivity index is 2.08. The lowest BCUT2D eigenvalue weighted by Crippen LogP contribution is -2.20. The number of aryl methyl sites for hydroxylation is 2. The first-order valence-corrected chi connectivity index (χ1v) is 7.29. The van der Waals surface area contributed by atoms with E-state index in [0.29, 0.717) is 17.7 Å². The van der Waals surface area contributed by atoms with Crippen LogP contribution in [0.5, 0.6) is 5.75 Å². The maximum absolute atomic E-state index is 13.6. The zero-order valence-corrected chi connectivity index (χ0v) is 12.8. The number of phenolic OH excluding ortho intramolecular Hbond substituents is 1. The molecular weight excluding hydrogens is 265 g/mol. The molecule has 112 valence electrons. The molecule has 0 aliphatic carbocycles. The number of hydrogen-bond donors (Lipinski definition) is 2. The summed E-state index contributed by atoms with van der Waals surface area (Å²) in [7, 11) is 0. The number of rotatable bonds is 5. The minimum atomic E-state index is -0.121. The van der Waals surface area contributed by atoms with Crippen LogP contribution in [0.1, 0.15) is 41.6 Å². The molecule has 21 heavy (non-hydrogen) atoms. The van der Waals surface area contributed by atoms with Crippen molar-refractivity contribution < 1.29 is 9.50 Å². The first kappa shape index (κ1) is 15.5. The molecule has 0 bridgehead atoms. The monoisotopic (exact) mass is 287 g/mol. The van der Waals surface area contributed by atoms with Gasteiger partial charge >= 0.3 is 0 Å². The highest BCUT2D eigenvalue weighted by Gasteiger charge is 2.10. The second-order valence-electron chi connectivity index (χ2n) is 5.48. The van der Waals surface area contributed by atoms with Crippen LogP contribution in [0.3, 0.4) is 0 Å². The highest BCUT2D eigenvalue weighted by Crippen LogP contribution is 2.21. The molecule has 1 atom stereocenters. The van der Waals surface area contributed by atoms with Gasteiger partial charge in [-0.25, -0.2) is 4.39 Å². The summed E-state index contributed by atoms with van der Waals surface area (Å²) in [6, 6.07) is 11.3. The van der Waals surface area contributed by atoms with E-state index in [1.165, 1.54) is 0 Å². The average molecular weight is 287 g/mol. The Morgan fingerprint density at radius 2 is 1.67 bits per heavy atom. The molecule has 0 aliphatic rings. The largest absolute Gasteiger partial charge is 0.508 e. The van der Waals surface area contributed by atoms with Gasteiger partial charge in [0.25, 0.3) is 0 Å². The lowest BCUT2D eigenvalue weighted by molar-refractivity contribution is 0.473. The molecule has 2 N–H and O–H groups in total. The highest BCUT2D eigenvalue weighted by atomic mass is 19.1. The Hall–Kier alpha value is -1.87. The van der Waals surface area contributed by atoms with Crippen LogP contribution in [0.2, 0.25) is 0 Å². The van der Waals surface area contributed by atoms with Gasteiger partial charge in [-0.05, 0) is 54.7 Å². The lowest BCUT2D eigenvalue weighted by atomic mass is 10.0. The predicted octanol–water partition coefficient (Wildman–Crippen LogP) is 4.39. The van der Waals surface area contributed by atoms with Crippen molar-refractivity contribution in [1.82, 2.24) is 5.32 Å². The van der Waals surface area contributed by atoms with E-state index in [2.05, 4.69) is 12.2 Å². The molecule has 2 aromatic rings. The zero-order valence-electron chi connectivity index (χ0n) is 12.8. The molecular formula is C18H22FNO. The van der Waals surface area contributed by atoms with Crippen molar-refractivity contribution in [1.29, 1.82) is 0 Å². The average Bonchev–Trinajstić information content (AvgIpc) is 2.47. The third kappa shape index (κ3) is 3.82. The summed E-state index contributed by atoms with van der Waals surface area (Å²) < 4.78 is 13.6. The molecule has 1 unspecified atom stereocenters. The first-order valence-electron chi connectivity index (χ1n) is 7.29. The van der Waals surface area contributed by atoms with E-state index in [4.69, 9.17) is 0 Å². The molecule has 0 fully saturated rings. The van der Waals surface area contributed by atoms with Crippen LogP contribution in [0.15, 0.2) is 36.4 Å². The van der Waals surface area contributed by atoms with Crippen LogP contribution in [0.25, 0.3) is 0 Å². The van der Waals surface area contributed by atoms with Crippen LogP contribution in [0.4, 0.5) is 4.39 Å². The van der Waals surface area contributed by atoms with Crippen molar-refractivity contribution >= 4 is 0 Å². The van der Waals surface area contributed by atoms with E-state index in [1.54, 1.807) is 26.0 Å². The van der Waals surface area contributed by atoms with Gasteiger partial charge < -0.3 is 10.4 Å². The van der Waals surface area contributed by atoms with Crippen molar-refractivity contribution in [3.63, 3.8) is 0 Å². The quantitative estimate of drug-likeness (QED) is 0.855. The molecule has 0 saturated carbocycles. The van der Waals surface area contributed by atoms with Crippen LogP contribution in [0, 0.1) is 19.7 Å². The fourth-order valence-corrected chi connectivity index (χ4v) is 2.58. The maximum atomic E-state index is 13.6. The number of benzene rings is 2. The summed E-state index contributed by atoms with van der Waals surface area (Å²) in [6.07, 6.45) is 0.948. The third-order valence-corrected chi connectivity index (χ3v) is 3.75. The Morgan fingerprint density at radius 1 is 1.10 bits per heavy atom. The van der Waals surface area contributed by atoms with Gasteiger partial charge in [-0.15, -0.1) is 0 Å². The summed E-state index contributed by atoms with van der Waals surface area (Å²) in [5, 5.41) is 12.8. The first-order chi connectivity index (χ1) is 10.0. The van der Waals surface area contributed by atoms with Crippen LogP contribution in [-0.2, 0) is 6.54 Å². The fourth-order valence-electron chi connectivity index (χ4n) is 2.58. The van der Waals surface area contributed by atoms with Crippen LogP contribution >= 0.6 is 0 Å². The van der Waals surface area contributed by atoms with Gasteiger partial charge in [0, 0.05) is 12.6 Å². The number of phenols is 1. The molecule has 0 amide bonds. The van der Waals surface area contributed by atoms with Gasteiger partial charge in [-0.1, -0.05) is 31.2 Å². The standard InChI is InChI=1S/C18H22FNO/c1-4-17(15-5-7-16(21)8-6-15)20-11-14-9-12(2)18(19)13(3)10-14/h5-10,17,20-21H,4,11H2,1-3H3. The Bertz CT molecular complexity index is 584. The lowest BCUT2D eigenvalue weighted by Gasteiger charge is -2.18. The fraction of sp³-hybridized carbons (Fsp3) is 0.333. The number of hydrogen-bond acceptors (Lipinski definition) is 2. The van der Waals surface area contributed by atoms with E-state index in [9.17, 15) is 9.50 Å². The second-order valence-corrected chi connectivity index (χ2v) is 5.48. The molecule has 0 aromatic heterocycles. The van der Waals surface area contributed by atoms with Gasteiger partial charge in [0.2, 0.25) is 0 Å². The molecule has 2 aromatic carbocycles. The van der Waals surface area contributed by atoms with Crippen molar-refractivity contribution in [2.75, 3.05) is 0 Å². The van der Waals surface area contributed by atoms with Gasteiger partial charge in [0.1, 0.15) is 11.6 Å². The van der Waals surface area contributed by atoms with E-state index in [0.717, 1.165) is 17.5 Å². The topological polar surface area (TPSA) is 32.3 Å².